The molecule has 1 atom stereocenters. The normalized spacial score (nSPS) is 16.0. The quantitative estimate of drug-likeness (QED) is 0.865. The van der Waals surface area contributed by atoms with Crippen LogP contribution in [0.15, 0.2) is 30.3 Å². The maximum Gasteiger partial charge on any atom is 0.315 e. The molecule has 3 amide bonds. The van der Waals surface area contributed by atoms with Crippen LogP contribution in [0.2, 0.25) is 0 Å². The highest BCUT2D eigenvalue weighted by Gasteiger charge is 2.28. The molecule has 0 aromatic heterocycles. The minimum absolute atomic E-state index is 0.0980. The molecule has 1 unspecified atom stereocenters. The van der Waals surface area contributed by atoms with Crippen LogP contribution in [0.25, 0.3) is 0 Å². The first-order valence-corrected chi connectivity index (χ1v) is 8.03. The van der Waals surface area contributed by atoms with Crippen LogP contribution in [0.4, 0.5) is 4.79 Å². The lowest BCUT2D eigenvalue weighted by Gasteiger charge is -2.31. The van der Waals surface area contributed by atoms with E-state index in [0.717, 1.165) is 5.56 Å². The van der Waals surface area contributed by atoms with Gasteiger partial charge in [0, 0.05) is 19.6 Å². The number of hydrogen-bond donors (Lipinski definition) is 2. The molecular weight excluding hydrogens is 294 g/mol. The van der Waals surface area contributed by atoms with Gasteiger partial charge in [0.1, 0.15) is 6.04 Å². The fraction of sp³-hybridized carbons (Fsp3) is 0.529. The number of urea groups is 1. The molecule has 2 rings (SSSR count). The highest BCUT2D eigenvalue weighted by atomic mass is 16.5. The third kappa shape index (κ3) is 5.25. The molecular formula is C17H25N3O3. The average molecular weight is 319 g/mol. The molecule has 1 heterocycles. The molecule has 6 nitrogen and oxygen atoms in total. The van der Waals surface area contributed by atoms with Crippen LogP contribution in [0.3, 0.4) is 0 Å². The van der Waals surface area contributed by atoms with Gasteiger partial charge >= 0.3 is 6.03 Å². The number of carbonyl (C=O) groups is 2. The van der Waals surface area contributed by atoms with Crippen LogP contribution in [0.5, 0.6) is 0 Å². The molecule has 0 saturated carbocycles. The predicted octanol–water partition coefficient (Wildman–Crippen LogP) is 1.54. The number of benzene rings is 1. The topological polar surface area (TPSA) is 70.7 Å². The largest absolute Gasteiger partial charge is 0.378 e. The van der Waals surface area contributed by atoms with Gasteiger partial charge in [0.15, 0.2) is 0 Å². The molecule has 126 valence electrons. The molecule has 1 aliphatic heterocycles. The van der Waals surface area contributed by atoms with Crippen molar-refractivity contribution in [3.8, 4) is 0 Å². The summed E-state index contributed by atoms with van der Waals surface area (Å²) in [6.07, 6.45) is 0. The Morgan fingerprint density at radius 2 is 1.83 bits per heavy atom. The Labute approximate surface area is 137 Å². The number of amides is 3. The second-order valence-electron chi connectivity index (χ2n) is 6.03. The minimum atomic E-state index is -0.679. The lowest BCUT2D eigenvalue weighted by molar-refractivity contribution is -0.137. The van der Waals surface area contributed by atoms with E-state index in [2.05, 4.69) is 10.6 Å². The molecule has 0 radical (unpaired) electrons. The van der Waals surface area contributed by atoms with Crippen molar-refractivity contribution in [1.82, 2.24) is 15.5 Å². The van der Waals surface area contributed by atoms with Crippen LogP contribution in [-0.2, 0) is 9.53 Å². The van der Waals surface area contributed by atoms with Crippen molar-refractivity contribution in [2.24, 2.45) is 5.92 Å². The summed E-state index contributed by atoms with van der Waals surface area (Å²) < 4.78 is 5.29. The summed E-state index contributed by atoms with van der Waals surface area (Å²) >= 11 is 0. The molecule has 1 aliphatic rings. The van der Waals surface area contributed by atoms with E-state index in [0.29, 0.717) is 38.8 Å². The van der Waals surface area contributed by atoms with E-state index in [1.807, 2.05) is 44.2 Å². The second-order valence-corrected chi connectivity index (χ2v) is 6.03. The third-order valence-corrected chi connectivity index (χ3v) is 3.65. The average Bonchev–Trinajstić information content (AvgIpc) is 2.59. The monoisotopic (exact) mass is 319 g/mol. The number of nitrogens with one attached hydrogen (secondary N) is 2. The number of morpholine rings is 1. The minimum Gasteiger partial charge on any atom is -0.378 e. The predicted molar refractivity (Wildman–Crippen MR) is 88.0 cm³/mol. The van der Waals surface area contributed by atoms with Gasteiger partial charge in [-0.1, -0.05) is 44.2 Å². The summed E-state index contributed by atoms with van der Waals surface area (Å²) in [5.41, 5.74) is 0.781. The Bertz CT molecular complexity index is 513. The molecule has 0 bridgehead atoms. The van der Waals surface area contributed by atoms with E-state index in [1.165, 1.54) is 0 Å². The van der Waals surface area contributed by atoms with Crippen LogP contribution in [0.1, 0.15) is 25.5 Å². The zero-order chi connectivity index (χ0) is 16.7. The Morgan fingerprint density at radius 3 is 2.43 bits per heavy atom. The fourth-order valence-electron chi connectivity index (χ4n) is 2.38. The molecule has 2 N–H and O–H groups in total. The third-order valence-electron chi connectivity index (χ3n) is 3.65. The molecule has 0 spiro atoms. The second kappa shape index (κ2) is 8.53. The van der Waals surface area contributed by atoms with Gasteiger partial charge in [0.05, 0.1) is 13.2 Å². The van der Waals surface area contributed by atoms with Crippen molar-refractivity contribution in [2.75, 3.05) is 32.8 Å². The zero-order valence-corrected chi connectivity index (χ0v) is 13.7. The first-order valence-electron chi connectivity index (χ1n) is 8.03. The van der Waals surface area contributed by atoms with Crippen LogP contribution in [0, 0.1) is 5.92 Å². The summed E-state index contributed by atoms with van der Waals surface area (Å²) in [6, 6.07) is 8.32. The number of nitrogens with zero attached hydrogens (tertiary/aromatic N) is 1. The van der Waals surface area contributed by atoms with Crippen molar-refractivity contribution in [1.29, 1.82) is 0 Å². The smallest absolute Gasteiger partial charge is 0.315 e. The van der Waals surface area contributed by atoms with Crippen LogP contribution in [-0.4, -0.2) is 49.7 Å². The van der Waals surface area contributed by atoms with Gasteiger partial charge in [-0.3, -0.25) is 4.79 Å². The number of ether oxygens (including phenoxy) is 1. The Hall–Kier alpha value is -2.08. The zero-order valence-electron chi connectivity index (χ0n) is 13.7. The van der Waals surface area contributed by atoms with Gasteiger partial charge in [-0.2, -0.15) is 0 Å². The van der Waals surface area contributed by atoms with Crippen LogP contribution >= 0.6 is 0 Å². The van der Waals surface area contributed by atoms with Gasteiger partial charge in [0.2, 0.25) is 5.91 Å². The first-order chi connectivity index (χ1) is 11.1. The summed E-state index contributed by atoms with van der Waals surface area (Å²) in [7, 11) is 0. The van der Waals surface area contributed by atoms with Crippen molar-refractivity contribution in [3.05, 3.63) is 35.9 Å². The first kappa shape index (κ1) is 17.3. The molecule has 1 saturated heterocycles. The van der Waals surface area contributed by atoms with Gasteiger partial charge in [-0.25, -0.2) is 4.79 Å². The fourth-order valence-corrected chi connectivity index (χ4v) is 2.38. The highest BCUT2D eigenvalue weighted by Crippen LogP contribution is 2.16. The van der Waals surface area contributed by atoms with Gasteiger partial charge in [0.25, 0.3) is 0 Å². The van der Waals surface area contributed by atoms with Gasteiger partial charge in [-0.05, 0) is 11.5 Å². The van der Waals surface area contributed by atoms with E-state index < -0.39 is 6.04 Å². The van der Waals surface area contributed by atoms with Crippen LogP contribution < -0.4 is 10.6 Å². The maximum atomic E-state index is 12.8. The molecule has 6 heteroatoms. The number of hydrogen-bond acceptors (Lipinski definition) is 3. The van der Waals surface area contributed by atoms with E-state index in [1.54, 1.807) is 4.90 Å². The van der Waals surface area contributed by atoms with Gasteiger partial charge in [-0.15, -0.1) is 0 Å². The van der Waals surface area contributed by atoms with E-state index in [4.69, 9.17) is 4.74 Å². The Kier molecular flexibility index (Phi) is 6.40. The summed E-state index contributed by atoms with van der Waals surface area (Å²) in [4.78, 5) is 26.6. The van der Waals surface area contributed by atoms with E-state index in [9.17, 15) is 9.59 Å². The molecule has 1 aromatic rings. The number of rotatable bonds is 5. The van der Waals surface area contributed by atoms with E-state index in [-0.39, 0.29) is 11.9 Å². The molecule has 1 fully saturated rings. The summed E-state index contributed by atoms with van der Waals surface area (Å²) in [5, 5.41) is 5.60. The summed E-state index contributed by atoms with van der Waals surface area (Å²) in [5.74, 6) is 0.255. The lowest BCUT2D eigenvalue weighted by Crippen LogP contribution is -2.49. The molecule has 1 aromatic carbocycles. The summed E-state index contributed by atoms with van der Waals surface area (Å²) in [6.45, 7) is 6.79. The highest BCUT2D eigenvalue weighted by molar-refractivity contribution is 5.88. The SMILES string of the molecule is CC(C)CNC(=O)NC(C(=O)N1CCOCC1)c1ccccc1. The maximum absolute atomic E-state index is 12.8. The van der Waals surface area contributed by atoms with Crippen molar-refractivity contribution in [2.45, 2.75) is 19.9 Å². The Balaban J connectivity index is 2.08. The van der Waals surface area contributed by atoms with Crippen molar-refractivity contribution >= 4 is 11.9 Å². The molecule has 23 heavy (non-hydrogen) atoms. The Morgan fingerprint density at radius 1 is 1.17 bits per heavy atom. The van der Waals surface area contributed by atoms with E-state index >= 15 is 0 Å². The molecule has 0 aliphatic carbocycles. The standard InChI is InChI=1S/C17H25N3O3/c1-13(2)12-18-17(22)19-15(14-6-4-3-5-7-14)16(21)20-8-10-23-11-9-20/h3-7,13,15H,8-12H2,1-2H3,(H2,18,19,22). The van der Waals surface area contributed by atoms with Crippen molar-refractivity contribution in [3.63, 3.8) is 0 Å². The number of carbonyl (C=O) groups excluding carboxylic acids is 2. The lowest BCUT2D eigenvalue weighted by atomic mass is 10.1. The van der Waals surface area contributed by atoms with Crippen molar-refractivity contribution < 1.29 is 14.3 Å². The van der Waals surface area contributed by atoms with Gasteiger partial charge < -0.3 is 20.3 Å².